The third kappa shape index (κ3) is 5.26. The van der Waals surface area contributed by atoms with Crippen LogP contribution >= 0.6 is 0 Å². The van der Waals surface area contributed by atoms with Crippen molar-refractivity contribution < 1.29 is 31.8 Å². The van der Waals surface area contributed by atoms with E-state index in [0.29, 0.717) is 34.8 Å². The summed E-state index contributed by atoms with van der Waals surface area (Å²) in [6.45, 7) is 4.33. The van der Waals surface area contributed by atoms with Crippen molar-refractivity contribution in [2.75, 3.05) is 39.2 Å². The van der Waals surface area contributed by atoms with Crippen LogP contribution in [0.15, 0.2) is 65.6 Å². The molecule has 0 bridgehead atoms. The number of alkyl halides is 1. The average Bonchev–Trinajstić information content (AvgIpc) is 2.85. The fourth-order valence-corrected chi connectivity index (χ4v) is 5.73. The zero-order valence-corrected chi connectivity index (χ0v) is 22.0. The van der Waals surface area contributed by atoms with Gasteiger partial charge in [-0.3, -0.25) is 9.29 Å². The molecule has 6 nitrogen and oxygen atoms in total. The van der Waals surface area contributed by atoms with Gasteiger partial charge in [-0.25, -0.2) is 12.8 Å². The lowest BCUT2D eigenvalue weighted by atomic mass is 9.86. The Bertz CT molecular complexity index is 1480. The van der Waals surface area contributed by atoms with Crippen LogP contribution in [0.1, 0.15) is 29.7 Å². The van der Waals surface area contributed by atoms with Gasteiger partial charge in [-0.1, -0.05) is 18.2 Å². The zero-order chi connectivity index (χ0) is 27.0. The molecule has 5 rings (SSSR count). The summed E-state index contributed by atoms with van der Waals surface area (Å²) in [5.74, 6) is 0.630. The molecule has 2 aliphatic heterocycles. The monoisotopic (exact) mass is 541 g/mol. The maximum Gasteiger partial charge on any atom is 0.178 e. The van der Waals surface area contributed by atoms with Gasteiger partial charge in [0.25, 0.3) is 0 Å². The van der Waals surface area contributed by atoms with Gasteiger partial charge < -0.3 is 14.6 Å². The third-order valence-corrected chi connectivity index (χ3v) is 8.16. The number of halogens is 2. The van der Waals surface area contributed by atoms with Gasteiger partial charge in [0.05, 0.1) is 6.67 Å². The van der Waals surface area contributed by atoms with E-state index in [9.17, 15) is 22.3 Å². The Morgan fingerprint density at radius 2 is 1.82 bits per heavy atom. The van der Waals surface area contributed by atoms with E-state index in [0.717, 1.165) is 37.0 Å². The minimum atomic E-state index is -3.72. The highest BCUT2D eigenvalue weighted by atomic mass is 32.2. The van der Waals surface area contributed by atoms with Crippen LogP contribution in [0, 0.1) is 11.7 Å². The lowest BCUT2D eigenvalue weighted by Crippen LogP contribution is -2.49. The summed E-state index contributed by atoms with van der Waals surface area (Å²) in [4.78, 5) is 1.78. The second-order valence-electron chi connectivity index (χ2n) is 9.83. The van der Waals surface area contributed by atoms with Crippen molar-refractivity contribution >= 4 is 21.0 Å². The molecule has 2 heterocycles. The van der Waals surface area contributed by atoms with Crippen LogP contribution in [0.3, 0.4) is 0 Å². The molecule has 1 unspecified atom stereocenters. The maximum absolute atomic E-state index is 14.9. The Morgan fingerprint density at radius 3 is 2.47 bits per heavy atom. The minimum Gasteiger partial charge on any atom is -0.508 e. The molecule has 1 saturated heterocycles. The number of hydrogen-bond donors (Lipinski definition) is 1. The summed E-state index contributed by atoms with van der Waals surface area (Å²) >= 11 is 0. The first-order valence-electron chi connectivity index (χ1n) is 12.4. The lowest BCUT2D eigenvalue weighted by molar-refractivity contribution is 0.0668. The minimum absolute atomic E-state index is 0.0723. The fourth-order valence-electron chi connectivity index (χ4n) is 5.00. The van der Waals surface area contributed by atoms with Crippen molar-refractivity contribution in [1.82, 2.24) is 4.90 Å². The highest BCUT2D eigenvalue weighted by Gasteiger charge is 2.31. The van der Waals surface area contributed by atoms with Crippen molar-refractivity contribution in [3.8, 4) is 17.2 Å². The Morgan fingerprint density at radius 1 is 1.08 bits per heavy atom. The number of phenols is 1. The molecule has 0 saturated carbocycles. The fraction of sp³-hybridized carbons (Fsp3) is 0.310. The first-order chi connectivity index (χ1) is 18.1. The number of aromatic hydroxyl groups is 1. The molecular weight excluding hydrogens is 512 g/mol. The molecule has 1 atom stereocenters. The van der Waals surface area contributed by atoms with Crippen LogP contribution in [0.5, 0.6) is 17.2 Å². The highest BCUT2D eigenvalue weighted by molar-refractivity contribution is 7.90. The molecule has 200 valence electrons. The summed E-state index contributed by atoms with van der Waals surface area (Å²) in [5, 5.41) is 10.1. The SMILES string of the molecule is CC1=C(c2ccc(S(C)(=O)=O)c(F)c2)C(c2ccc(OCCN3CC(CF)C3)cc2)Oc2ccc(O)cc21. The number of nitrogens with zero attached hydrogens (tertiary/aromatic N) is 1. The average molecular weight is 542 g/mol. The summed E-state index contributed by atoms with van der Waals surface area (Å²) in [5.41, 5.74) is 3.39. The summed E-state index contributed by atoms with van der Waals surface area (Å²) in [7, 11) is -3.72. The number of benzene rings is 3. The van der Waals surface area contributed by atoms with Gasteiger partial charge >= 0.3 is 0 Å². The number of likely N-dealkylation sites (tertiary alicyclic amines) is 1. The number of sulfone groups is 1. The summed E-state index contributed by atoms with van der Waals surface area (Å²) in [6, 6.07) is 16.3. The van der Waals surface area contributed by atoms with Crippen LogP contribution in [-0.2, 0) is 9.84 Å². The molecule has 1 N–H and O–H groups in total. The van der Waals surface area contributed by atoms with Gasteiger partial charge in [0.15, 0.2) is 9.84 Å². The molecule has 3 aromatic carbocycles. The van der Waals surface area contributed by atoms with Crippen molar-refractivity contribution in [2.24, 2.45) is 5.92 Å². The van der Waals surface area contributed by atoms with Gasteiger partial charge in [-0.2, -0.15) is 0 Å². The van der Waals surface area contributed by atoms with E-state index in [2.05, 4.69) is 4.90 Å². The number of hydrogen-bond acceptors (Lipinski definition) is 6. The van der Waals surface area contributed by atoms with Crippen molar-refractivity contribution in [1.29, 1.82) is 0 Å². The smallest absolute Gasteiger partial charge is 0.178 e. The van der Waals surface area contributed by atoms with Gasteiger partial charge in [0, 0.05) is 42.9 Å². The molecule has 0 amide bonds. The molecule has 9 heteroatoms. The Kier molecular flexibility index (Phi) is 7.15. The molecule has 0 spiro atoms. The maximum atomic E-state index is 14.9. The second kappa shape index (κ2) is 10.4. The van der Waals surface area contributed by atoms with Crippen LogP contribution in [0.2, 0.25) is 0 Å². The topological polar surface area (TPSA) is 76.1 Å². The number of rotatable bonds is 8. The molecule has 0 radical (unpaired) electrons. The van der Waals surface area contributed by atoms with Gasteiger partial charge in [0.1, 0.15) is 40.7 Å². The standard InChI is InChI=1S/C29H29F2NO5S/c1-18-24-14-22(33)6-9-26(24)37-29(28(18)21-5-10-27(25(31)13-21)38(2,34)35)20-3-7-23(8-4-20)36-12-11-32-16-19(15-30)17-32/h3-10,13-14,19,29,33H,11-12,15-17H2,1-2H3. The summed E-state index contributed by atoms with van der Waals surface area (Å²) in [6.07, 6.45) is 0.359. The quantitative estimate of drug-likeness (QED) is 0.418. The van der Waals surface area contributed by atoms with Crippen molar-refractivity contribution in [2.45, 2.75) is 17.9 Å². The molecule has 1 fully saturated rings. The van der Waals surface area contributed by atoms with Crippen LogP contribution in [0.25, 0.3) is 11.1 Å². The summed E-state index contributed by atoms with van der Waals surface area (Å²) < 4.78 is 63.6. The number of phenolic OH excluding ortho intramolecular Hbond substituents is 1. The molecule has 38 heavy (non-hydrogen) atoms. The number of ether oxygens (including phenoxy) is 2. The second-order valence-corrected chi connectivity index (χ2v) is 11.8. The van der Waals surface area contributed by atoms with Gasteiger partial charge in [-0.15, -0.1) is 0 Å². The van der Waals surface area contributed by atoms with Crippen LogP contribution in [0.4, 0.5) is 8.78 Å². The molecule has 2 aliphatic rings. The lowest BCUT2D eigenvalue weighted by Gasteiger charge is -2.37. The first kappa shape index (κ1) is 26.2. The van der Waals surface area contributed by atoms with Gasteiger partial charge in [-0.05, 0) is 66.1 Å². The molecular formula is C29H29F2NO5S. The van der Waals surface area contributed by atoms with E-state index < -0.39 is 21.8 Å². The third-order valence-electron chi connectivity index (χ3n) is 7.03. The van der Waals surface area contributed by atoms with E-state index in [1.807, 2.05) is 31.2 Å². The first-order valence-corrected chi connectivity index (χ1v) is 14.2. The van der Waals surface area contributed by atoms with Gasteiger partial charge in [0.2, 0.25) is 0 Å². The highest BCUT2D eigenvalue weighted by Crippen LogP contribution is 2.47. The van der Waals surface area contributed by atoms with Crippen molar-refractivity contribution in [3.05, 3.63) is 83.2 Å². The predicted molar refractivity (Wildman–Crippen MR) is 141 cm³/mol. The molecule has 3 aromatic rings. The number of fused-ring (bicyclic) bond motifs is 1. The van der Waals surface area contributed by atoms with Crippen molar-refractivity contribution in [3.63, 3.8) is 0 Å². The Hall–Kier alpha value is -3.43. The van der Waals surface area contributed by atoms with Crippen LogP contribution < -0.4 is 9.47 Å². The number of allylic oxidation sites excluding steroid dienone is 1. The van der Waals surface area contributed by atoms with E-state index in [4.69, 9.17) is 9.47 Å². The Labute approximate surface area is 221 Å². The van der Waals surface area contributed by atoms with E-state index >= 15 is 0 Å². The van der Waals surface area contributed by atoms with Crippen LogP contribution in [-0.4, -0.2) is 57.6 Å². The van der Waals surface area contributed by atoms with E-state index in [-0.39, 0.29) is 23.2 Å². The van der Waals surface area contributed by atoms with E-state index in [1.54, 1.807) is 24.3 Å². The normalized spacial score (nSPS) is 18.1. The molecule has 0 aliphatic carbocycles. The zero-order valence-electron chi connectivity index (χ0n) is 21.2. The predicted octanol–water partition coefficient (Wildman–Crippen LogP) is 5.28. The Balaban J connectivity index is 1.43. The molecule has 0 aromatic heterocycles. The largest absolute Gasteiger partial charge is 0.508 e. The van der Waals surface area contributed by atoms with E-state index in [1.165, 1.54) is 12.1 Å².